The van der Waals surface area contributed by atoms with Gasteiger partial charge >= 0.3 is 0 Å². The van der Waals surface area contributed by atoms with Gasteiger partial charge in [0.15, 0.2) is 0 Å². The number of aryl methyl sites for hydroxylation is 1. The number of H-pyrrole nitrogens is 1. The van der Waals surface area contributed by atoms with Crippen LogP contribution in [0.5, 0.6) is 0 Å². The van der Waals surface area contributed by atoms with Crippen molar-refractivity contribution in [2.24, 2.45) is 11.1 Å². The van der Waals surface area contributed by atoms with Gasteiger partial charge in [0.05, 0.1) is 5.69 Å². The molecule has 29 heavy (non-hydrogen) atoms. The van der Waals surface area contributed by atoms with Gasteiger partial charge in [-0.3, -0.25) is 14.7 Å². The molecule has 0 saturated carbocycles. The standard InChI is InChI=1S/C22H26N4O3/c23-20(27)19-22(9-12-29-13-10-22)8-3-11-26(19)21(28)18-16-7-6-14-4-1-2-5-15(14)17(16)24-25-18/h1-2,4-5,19H,3,6-13H2,(H2,23,27)(H,24,25). The van der Waals surface area contributed by atoms with Crippen LogP contribution in [0.1, 0.15) is 47.3 Å². The first-order chi connectivity index (χ1) is 14.1. The average Bonchev–Trinajstić information content (AvgIpc) is 3.18. The summed E-state index contributed by atoms with van der Waals surface area (Å²) in [6.07, 6.45) is 4.94. The minimum absolute atomic E-state index is 0.160. The predicted octanol–water partition coefficient (Wildman–Crippen LogP) is 2.06. The van der Waals surface area contributed by atoms with Crippen LogP contribution in [0, 0.1) is 5.41 Å². The number of aromatic nitrogens is 2. The van der Waals surface area contributed by atoms with E-state index in [0.29, 0.717) is 25.5 Å². The van der Waals surface area contributed by atoms with Crippen LogP contribution in [0.25, 0.3) is 11.3 Å². The van der Waals surface area contributed by atoms with Gasteiger partial charge in [-0.05, 0) is 44.1 Å². The van der Waals surface area contributed by atoms with Crippen molar-refractivity contribution in [3.8, 4) is 11.3 Å². The van der Waals surface area contributed by atoms with E-state index in [1.54, 1.807) is 4.90 Å². The zero-order valence-corrected chi connectivity index (χ0v) is 16.4. The molecular formula is C22H26N4O3. The number of carbonyl (C=O) groups is 2. The third-order valence-corrected chi connectivity index (χ3v) is 6.98. The minimum Gasteiger partial charge on any atom is -0.381 e. The Morgan fingerprint density at radius 2 is 1.97 bits per heavy atom. The Bertz CT molecular complexity index is 955. The van der Waals surface area contributed by atoms with Crippen LogP contribution in [0.2, 0.25) is 0 Å². The van der Waals surface area contributed by atoms with Crippen LogP contribution in [-0.2, 0) is 22.4 Å². The van der Waals surface area contributed by atoms with E-state index in [-0.39, 0.29) is 11.3 Å². The lowest BCUT2D eigenvalue weighted by Gasteiger charge is -2.50. The molecule has 3 N–H and O–H groups in total. The maximum absolute atomic E-state index is 13.6. The van der Waals surface area contributed by atoms with Crippen molar-refractivity contribution in [2.45, 2.75) is 44.6 Å². The Hall–Kier alpha value is -2.67. The zero-order chi connectivity index (χ0) is 20.0. The highest BCUT2D eigenvalue weighted by Gasteiger charge is 2.50. The van der Waals surface area contributed by atoms with Crippen molar-refractivity contribution in [3.05, 3.63) is 41.1 Å². The number of fused-ring (bicyclic) bond motifs is 3. The number of nitrogens with one attached hydrogen (secondary N) is 1. The lowest BCUT2D eigenvalue weighted by Crippen LogP contribution is -2.61. The van der Waals surface area contributed by atoms with Crippen molar-refractivity contribution in [1.82, 2.24) is 15.1 Å². The number of aromatic amines is 1. The second kappa shape index (κ2) is 6.99. The summed E-state index contributed by atoms with van der Waals surface area (Å²) in [5.41, 5.74) is 10.2. The van der Waals surface area contributed by atoms with Gasteiger partial charge < -0.3 is 15.4 Å². The van der Waals surface area contributed by atoms with Crippen molar-refractivity contribution >= 4 is 11.8 Å². The summed E-state index contributed by atoms with van der Waals surface area (Å²) in [5, 5.41) is 7.47. The largest absolute Gasteiger partial charge is 0.381 e. The molecule has 2 saturated heterocycles. The monoisotopic (exact) mass is 394 g/mol. The fourth-order valence-electron chi connectivity index (χ4n) is 5.55. The van der Waals surface area contributed by atoms with E-state index in [0.717, 1.165) is 55.3 Å². The van der Waals surface area contributed by atoms with Crippen LogP contribution >= 0.6 is 0 Å². The van der Waals surface area contributed by atoms with E-state index in [1.807, 2.05) is 18.2 Å². The Morgan fingerprint density at radius 3 is 2.76 bits per heavy atom. The maximum atomic E-state index is 13.6. The predicted molar refractivity (Wildman–Crippen MR) is 107 cm³/mol. The van der Waals surface area contributed by atoms with Gasteiger partial charge in [-0.2, -0.15) is 5.10 Å². The highest BCUT2D eigenvalue weighted by Crippen LogP contribution is 2.45. The summed E-state index contributed by atoms with van der Waals surface area (Å²) in [7, 11) is 0. The van der Waals surface area contributed by atoms with Crippen molar-refractivity contribution in [3.63, 3.8) is 0 Å². The summed E-state index contributed by atoms with van der Waals surface area (Å²) in [6, 6.07) is 7.58. The number of piperidine rings is 1. The molecule has 1 unspecified atom stereocenters. The lowest BCUT2D eigenvalue weighted by atomic mass is 9.67. The Morgan fingerprint density at radius 1 is 1.17 bits per heavy atom. The summed E-state index contributed by atoms with van der Waals surface area (Å²) < 4.78 is 5.53. The Kier molecular flexibility index (Phi) is 4.42. The lowest BCUT2D eigenvalue weighted by molar-refractivity contribution is -0.134. The zero-order valence-electron chi connectivity index (χ0n) is 16.4. The number of hydrogen-bond acceptors (Lipinski definition) is 4. The second-order valence-corrected chi connectivity index (χ2v) is 8.46. The van der Waals surface area contributed by atoms with E-state index in [1.165, 1.54) is 5.56 Å². The number of primary amides is 1. The van der Waals surface area contributed by atoms with Crippen molar-refractivity contribution < 1.29 is 14.3 Å². The molecule has 3 aliphatic rings. The summed E-state index contributed by atoms with van der Waals surface area (Å²) in [5.74, 6) is -0.578. The maximum Gasteiger partial charge on any atom is 0.272 e. The molecule has 1 aliphatic carbocycles. The number of nitrogens with zero attached hydrogens (tertiary/aromatic N) is 2. The van der Waals surface area contributed by atoms with Gasteiger partial charge in [-0.1, -0.05) is 24.3 Å². The molecule has 1 aromatic heterocycles. The molecule has 2 aromatic rings. The summed E-state index contributed by atoms with van der Waals surface area (Å²) in [6.45, 7) is 1.77. The molecule has 5 rings (SSSR count). The van der Waals surface area contributed by atoms with Gasteiger partial charge in [0, 0.05) is 36.3 Å². The Labute approximate surface area is 169 Å². The molecular weight excluding hydrogens is 368 g/mol. The number of ether oxygens (including phenoxy) is 1. The first-order valence-corrected chi connectivity index (χ1v) is 10.4. The normalized spacial score (nSPS) is 22.8. The molecule has 3 heterocycles. The highest BCUT2D eigenvalue weighted by atomic mass is 16.5. The van der Waals surface area contributed by atoms with Gasteiger partial charge in [0.25, 0.3) is 5.91 Å². The number of likely N-dealkylation sites (tertiary alicyclic amines) is 1. The highest BCUT2D eigenvalue weighted by molar-refractivity contribution is 5.99. The summed E-state index contributed by atoms with van der Waals surface area (Å²) >= 11 is 0. The van der Waals surface area contributed by atoms with Crippen molar-refractivity contribution in [2.75, 3.05) is 19.8 Å². The number of nitrogens with two attached hydrogens (primary N) is 1. The van der Waals surface area contributed by atoms with E-state index in [9.17, 15) is 9.59 Å². The molecule has 0 radical (unpaired) electrons. The molecule has 2 amide bonds. The minimum atomic E-state index is -0.595. The van der Waals surface area contributed by atoms with Crippen molar-refractivity contribution in [1.29, 1.82) is 0 Å². The number of amides is 2. The fourth-order valence-corrected chi connectivity index (χ4v) is 5.55. The third-order valence-electron chi connectivity index (χ3n) is 6.98. The number of carbonyl (C=O) groups excluding carboxylic acids is 2. The first-order valence-electron chi connectivity index (χ1n) is 10.4. The van der Waals surface area contributed by atoms with E-state index >= 15 is 0 Å². The molecule has 1 atom stereocenters. The molecule has 2 fully saturated rings. The molecule has 7 heteroatoms. The van der Waals surface area contributed by atoms with E-state index in [2.05, 4.69) is 16.3 Å². The van der Waals surface area contributed by atoms with E-state index in [4.69, 9.17) is 10.5 Å². The molecule has 152 valence electrons. The molecule has 1 spiro atoms. The SMILES string of the molecule is NC(=O)C1N(C(=O)c2[nH]nc3c2CCc2ccccc2-3)CCCC12CCOCC2. The van der Waals surface area contributed by atoms with E-state index < -0.39 is 11.9 Å². The first kappa shape index (κ1) is 18.4. The number of benzene rings is 1. The molecule has 1 aromatic carbocycles. The second-order valence-electron chi connectivity index (χ2n) is 8.46. The quantitative estimate of drug-likeness (QED) is 0.814. The van der Waals surface area contributed by atoms with Gasteiger partial charge in [0.1, 0.15) is 11.7 Å². The van der Waals surface area contributed by atoms with Crippen LogP contribution in [0.15, 0.2) is 24.3 Å². The molecule has 2 aliphatic heterocycles. The average molecular weight is 394 g/mol. The van der Waals surface area contributed by atoms with Gasteiger partial charge in [-0.15, -0.1) is 0 Å². The van der Waals surface area contributed by atoms with Crippen LogP contribution in [-0.4, -0.2) is 52.7 Å². The fraction of sp³-hybridized carbons (Fsp3) is 0.500. The molecule has 7 nitrogen and oxygen atoms in total. The number of hydrogen-bond donors (Lipinski definition) is 2. The van der Waals surface area contributed by atoms with Crippen LogP contribution in [0.3, 0.4) is 0 Å². The smallest absolute Gasteiger partial charge is 0.272 e. The third kappa shape index (κ3) is 2.87. The van der Waals surface area contributed by atoms with Crippen LogP contribution < -0.4 is 5.73 Å². The van der Waals surface area contributed by atoms with Gasteiger partial charge in [0.2, 0.25) is 5.91 Å². The Balaban J connectivity index is 1.51. The van der Waals surface area contributed by atoms with Gasteiger partial charge in [-0.25, -0.2) is 0 Å². The summed E-state index contributed by atoms with van der Waals surface area (Å²) in [4.78, 5) is 27.8. The van der Waals surface area contributed by atoms with Crippen LogP contribution in [0.4, 0.5) is 0 Å². The molecule has 0 bridgehead atoms. The topological polar surface area (TPSA) is 101 Å². The number of rotatable bonds is 2.